The second-order valence-corrected chi connectivity index (χ2v) is 4.90. The Morgan fingerprint density at radius 2 is 2.05 bits per heavy atom. The fourth-order valence-corrected chi connectivity index (χ4v) is 2.19. The summed E-state index contributed by atoms with van der Waals surface area (Å²) in [6.45, 7) is 4.03. The number of nitrogens with two attached hydrogens (primary N) is 1. The van der Waals surface area contributed by atoms with Gasteiger partial charge in [-0.25, -0.2) is 0 Å². The standard InChI is InChI=1S/C15H20N4O/c1-4-13-12(9-19(3)18-13)14(15(16)20)17-11-7-5-10(2)6-8-11/h5-9,14,17H,4H2,1-3H3,(H2,16,20). The van der Waals surface area contributed by atoms with Crippen LogP contribution in [0.15, 0.2) is 30.5 Å². The van der Waals surface area contributed by atoms with Crippen LogP contribution in [-0.4, -0.2) is 15.7 Å². The number of carbonyl (C=O) groups is 1. The Balaban J connectivity index is 2.31. The van der Waals surface area contributed by atoms with Gasteiger partial charge in [0.2, 0.25) is 5.91 Å². The van der Waals surface area contributed by atoms with Crippen LogP contribution < -0.4 is 11.1 Å². The number of nitrogens with zero attached hydrogens (tertiary/aromatic N) is 2. The molecular weight excluding hydrogens is 252 g/mol. The molecule has 0 aliphatic heterocycles. The van der Waals surface area contributed by atoms with E-state index in [0.717, 1.165) is 23.4 Å². The van der Waals surface area contributed by atoms with Gasteiger partial charge in [0, 0.05) is 24.5 Å². The molecule has 3 N–H and O–H groups in total. The molecule has 0 aliphatic rings. The van der Waals surface area contributed by atoms with Gasteiger partial charge in [0.15, 0.2) is 0 Å². The van der Waals surface area contributed by atoms with Gasteiger partial charge in [-0.1, -0.05) is 24.6 Å². The third-order valence-electron chi connectivity index (χ3n) is 3.23. The summed E-state index contributed by atoms with van der Waals surface area (Å²) in [5.74, 6) is -0.409. The first kappa shape index (κ1) is 14.1. The van der Waals surface area contributed by atoms with Gasteiger partial charge in [0.1, 0.15) is 6.04 Å². The lowest BCUT2D eigenvalue weighted by Crippen LogP contribution is -2.28. The molecular formula is C15H20N4O. The van der Waals surface area contributed by atoms with E-state index in [1.165, 1.54) is 5.56 Å². The molecule has 0 aliphatic carbocycles. The fraction of sp³-hybridized carbons (Fsp3) is 0.333. The number of aryl methyl sites for hydroxylation is 3. The molecule has 2 aromatic rings. The molecule has 0 saturated heterocycles. The number of anilines is 1. The van der Waals surface area contributed by atoms with Crippen LogP contribution in [0.1, 0.15) is 29.8 Å². The molecule has 1 unspecified atom stereocenters. The Bertz CT molecular complexity index is 601. The van der Waals surface area contributed by atoms with E-state index in [0.29, 0.717) is 0 Å². The summed E-state index contributed by atoms with van der Waals surface area (Å²) in [6.07, 6.45) is 2.60. The van der Waals surface area contributed by atoms with E-state index in [1.807, 2.05) is 51.4 Å². The molecule has 106 valence electrons. The van der Waals surface area contributed by atoms with E-state index >= 15 is 0 Å². The molecule has 0 fully saturated rings. The number of benzene rings is 1. The Morgan fingerprint density at radius 1 is 1.40 bits per heavy atom. The number of hydrogen-bond acceptors (Lipinski definition) is 3. The summed E-state index contributed by atoms with van der Waals surface area (Å²) in [5.41, 5.74) is 9.30. The van der Waals surface area contributed by atoms with Crippen molar-refractivity contribution in [1.29, 1.82) is 0 Å². The largest absolute Gasteiger partial charge is 0.370 e. The molecule has 2 rings (SSSR count). The third-order valence-corrected chi connectivity index (χ3v) is 3.23. The van der Waals surface area contributed by atoms with E-state index in [9.17, 15) is 4.79 Å². The second-order valence-electron chi connectivity index (χ2n) is 4.90. The Morgan fingerprint density at radius 3 is 2.60 bits per heavy atom. The van der Waals surface area contributed by atoms with Gasteiger partial charge in [-0.3, -0.25) is 9.48 Å². The lowest BCUT2D eigenvalue weighted by molar-refractivity contribution is -0.118. The SMILES string of the molecule is CCc1nn(C)cc1C(Nc1ccc(C)cc1)C(N)=O. The van der Waals surface area contributed by atoms with Crippen molar-refractivity contribution < 1.29 is 4.79 Å². The number of nitrogens with one attached hydrogen (secondary N) is 1. The van der Waals surface area contributed by atoms with E-state index in [4.69, 9.17) is 5.73 Å². The predicted octanol–water partition coefficient (Wildman–Crippen LogP) is 1.93. The molecule has 1 amide bonds. The van der Waals surface area contributed by atoms with Gasteiger partial charge in [-0.05, 0) is 25.5 Å². The number of primary amides is 1. The monoisotopic (exact) mass is 272 g/mol. The summed E-state index contributed by atoms with van der Waals surface area (Å²) >= 11 is 0. The topological polar surface area (TPSA) is 72.9 Å². The quantitative estimate of drug-likeness (QED) is 0.873. The average molecular weight is 272 g/mol. The van der Waals surface area contributed by atoms with Crippen molar-refractivity contribution >= 4 is 11.6 Å². The smallest absolute Gasteiger partial charge is 0.244 e. The minimum absolute atomic E-state index is 0.409. The average Bonchev–Trinajstić information content (AvgIpc) is 2.78. The maximum atomic E-state index is 11.8. The Labute approximate surface area is 118 Å². The zero-order valence-electron chi connectivity index (χ0n) is 12.1. The molecule has 0 radical (unpaired) electrons. The highest BCUT2D eigenvalue weighted by Crippen LogP contribution is 2.22. The molecule has 1 atom stereocenters. The van der Waals surface area contributed by atoms with E-state index < -0.39 is 11.9 Å². The van der Waals surface area contributed by atoms with Crippen LogP contribution in [0.25, 0.3) is 0 Å². The maximum Gasteiger partial charge on any atom is 0.244 e. The fourth-order valence-electron chi connectivity index (χ4n) is 2.19. The van der Waals surface area contributed by atoms with Crippen LogP contribution in [0.4, 0.5) is 5.69 Å². The minimum Gasteiger partial charge on any atom is -0.370 e. The van der Waals surface area contributed by atoms with Crippen molar-refractivity contribution in [3.8, 4) is 0 Å². The summed E-state index contributed by atoms with van der Waals surface area (Å²) in [4.78, 5) is 11.8. The number of carbonyl (C=O) groups excluding carboxylic acids is 1. The number of aromatic nitrogens is 2. The van der Waals surface area contributed by atoms with Crippen LogP contribution in [0.2, 0.25) is 0 Å². The number of rotatable bonds is 5. The predicted molar refractivity (Wildman–Crippen MR) is 79.3 cm³/mol. The molecule has 20 heavy (non-hydrogen) atoms. The first-order valence-corrected chi connectivity index (χ1v) is 6.66. The van der Waals surface area contributed by atoms with Crippen molar-refractivity contribution in [3.63, 3.8) is 0 Å². The van der Waals surface area contributed by atoms with E-state index in [1.54, 1.807) is 4.68 Å². The highest BCUT2D eigenvalue weighted by atomic mass is 16.1. The summed E-state index contributed by atoms with van der Waals surface area (Å²) in [5, 5.41) is 7.54. The first-order valence-electron chi connectivity index (χ1n) is 6.66. The second kappa shape index (κ2) is 5.77. The Hall–Kier alpha value is -2.30. The van der Waals surface area contributed by atoms with Crippen LogP contribution >= 0.6 is 0 Å². The summed E-state index contributed by atoms with van der Waals surface area (Å²) in [7, 11) is 1.84. The maximum absolute atomic E-state index is 11.8. The zero-order chi connectivity index (χ0) is 14.7. The van der Waals surface area contributed by atoms with Crippen LogP contribution in [-0.2, 0) is 18.3 Å². The summed E-state index contributed by atoms with van der Waals surface area (Å²) < 4.78 is 1.71. The van der Waals surface area contributed by atoms with Crippen molar-refractivity contribution in [3.05, 3.63) is 47.3 Å². The zero-order valence-corrected chi connectivity index (χ0v) is 12.1. The van der Waals surface area contributed by atoms with Gasteiger partial charge in [0.25, 0.3) is 0 Å². The van der Waals surface area contributed by atoms with E-state index in [-0.39, 0.29) is 0 Å². The van der Waals surface area contributed by atoms with E-state index in [2.05, 4.69) is 10.4 Å². The van der Waals surface area contributed by atoms with Crippen molar-refractivity contribution in [2.75, 3.05) is 5.32 Å². The lowest BCUT2D eigenvalue weighted by atomic mass is 10.1. The molecule has 0 bridgehead atoms. The van der Waals surface area contributed by atoms with Crippen LogP contribution in [0, 0.1) is 6.92 Å². The highest BCUT2D eigenvalue weighted by molar-refractivity contribution is 5.84. The van der Waals surface area contributed by atoms with Crippen LogP contribution in [0.3, 0.4) is 0 Å². The van der Waals surface area contributed by atoms with Gasteiger partial charge in [-0.15, -0.1) is 0 Å². The molecule has 5 heteroatoms. The first-order chi connectivity index (χ1) is 9.51. The van der Waals surface area contributed by atoms with Gasteiger partial charge < -0.3 is 11.1 Å². The Kier molecular flexibility index (Phi) is 4.08. The normalized spacial score (nSPS) is 12.2. The minimum atomic E-state index is -0.568. The number of amides is 1. The molecule has 1 aromatic heterocycles. The van der Waals surface area contributed by atoms with Gasteiger partial charge in [0.05, 0.1) is 5.69 Å². The van der Waals surface area contributed by atoms with Crippen molar-refractivity contribution in [1.82, 2.24) is 9.78 Å². The lowest BCUT2D eigenvalue weighted by Gasteiger charge is -2.16. The number of hydrogen-bond donors (Lipinski definition) is 2. The molecule has 1 aromatic carbocycles. The highest BCUT2D eigenvalue weighted by Gasteiger charge is 2.22. The van der Waals surface area contributed by atoms with Crippen LogP contribution in [0.5, 0.6) is 0 Å². The van der Waals surface area contributed by atoms with Crippen molar-refractivity contribution in [2.45, 2.75) is 26.3 Å². The van der Waals surface area contributed by atoms with Crippen molar-refractivity contribution in [2.24, 2.45) is 12.8 Å². The molecule has 5 nitrogen and oxygen atoms in total. The third kappa shape index (κ3) is 2.99. The molecule has 0 saturated carbocycles. The molecule has 0 spiro atoms. The summed E-state index contributed by atoms with van der Waals surface area (Å²) in [6, 6.07) is 7.29. The van der Waals surface area contributed by atoms with Gasteiger partial charge in [-0.2, -0.15) is 5.10 Å². The molecule has 1 heterocycles. The van der Waals surface area contributed by atoms with Gasteiger partial charge >= 0.3 is 0 Å².